The summed E-state index contributed by atoms with van der Waals surface area (Å²) in [5.41, 5.74) is 2.56. The Morgan fingerprint density at radius 1 is 1.28 bits per heavy atom. The number of hydrogen-bond donors (Lipinski definition) is 2. The number of halogens is 1. The molecule has 2 heterocycles. The van der Waals surface area contributed by atoms with Crippen molar-refractivity contribution in [2.24, 2.45) is 4.99 Å². The van der Waals surface area contributed by atoms with Crippen molar-refractivity contribution in [3.8, 4) is 0 Å². The lowest BCUT2D eigenvalue weighted by Gasteiger charge is -2.29. The first-order valence-corrected chi connectivity index (χ1v) is 12.6. The van der Waals surface area contributed by atoms with Crippen molar-refractivity contribution >= 4 is 46.4 Å². The summed E-state index contributed by atoms with van der Waals surface area (Å²) >= 11 is 6.48. The summed E-state index contributed by atoms with van der Waals surface area (Å²) in [5, 5.41) is 13.5. The Morgan fingerprint density at radius 2 is 2.06 bits per heavy atom. The Balaban J connectivity index is 2.02. The predicted molar refractivity (Wildman–Crippen MR) is 146 cm³/mol. The highest BCUT2D eigenvalue weighted by Crippen LogP contribution is 2.31. The van der Waals surface area contributed by atoms with E-state index in [0.717, 1.165) is 37.8 Å². The minimum Gasteiger partial charge on any atom is -0.515 e. The maximum atomic E-state index is 12.4. The van der Waals surface area contributed by atoms with E-state index in [1.807, 2.05) is 37.2 Å². The second-order valence-corrected chi connectivity index (χ2v) is 9.27. The molecule has 36 heavy (non-hydrogen) atoms. The number of esters is 1. The molecule has 2 N–H and O–H groups in total. The Morgan fingerprint density at radius 3 is 2.72 bits per heavy atom. The molecule has 0 saturated heterocycles. The molecule has 0 amide bonds. The van der Waals surface area contributed by atoms with E-state index in [1.54, 1.807) is 6.20 Å². The summed E-state index contributed by atoms with van der Waals surface area (Å²) in [6, 6.07) is 5.97. The fourth-order valence-electron chi connectivity index (χ4n) is 4.15. The van der Waals surface area contributed by atoms with Gasteiger partial charge in [0.2, 0.25) is 5.95 Å². The number of carbonyl (C=O) groups is 1. The van der Waals surface area contributed by atoms with Gasteiger partial charge in [0.25, 0.3) is 0 Å². The maximum Gasteiger partial charge on any atom is 0.343 e. The third-order valence-electron chi connectivity index (χ3n) is 5.89. The Hall–Kier alpha value is -3.33. The Labute approximate surface area is 217 Å². The standard InChI is InChI=1S/C26H35ClN6O3/c1-6-8-17(3)33(12-7-2)26-29-15-21(27)24(31-26)30-18-9-10-22(32(4)5)19(14-18)23-20(16-34)25(35)36-13-11-28-23/h9-10,14-17,34H,6-8,11-13H2,1-5H3,(H,29,30,31). The zero-order valence-corrected chi connectivity index (χ0v) is 22.3. The van der Waals surface area contributed by atoms with E-state index in [4.69, 9.17) is 21.3 Å². The van der Waals surface area contributed by atoms with E-state index in [1.165, 1.54) is 0 Å². The van der Waals surface area contributed by atoms with Crippen LogP contribution in [0.4, 0.5) is 23.1 Å². The van der Waals surface area contributed by atoms with Crippen molar-refractivity contribution in [1.29, 1.82) is 0 Å². The van der Waals surface area contributed by atoms with E-state index in [0.29, 0.717) is 46.3 Å². The predicted octanol–water partition coefficient (Wildman–Crippen LogP) is 5.13. The third-order valence-corrected chi connectivity index (χ3v) is 6.16. The molecule has 1 aliphatic rings. The van der Waals surface area contributed by atoms with Crippen molar-refractivity contribution in [3.63, 3.8) is 0 Å². The van der Waals surface area contributed by atoms with E-state index < -0.39 is 5.97 Å². The first-order chi connectivity index (χ1) is 17.3. The molecule has 0 spiro atoms. The van der Waals surface area contributed by atoms with Gasteiger partial charge in [0, 0.05) is 43.6 Å². The minimum atomic E-state index is -0.613. The van der Waals surface area contributed by atoms with E-state index in [9.17, 15) is 9.90 Å². The van der Waals surface area contributed by atoms with Crippen LogP contribution in [0.2, 0.25) is 5.02 Å². The van der Waals surface area contributed by atoms with Crippen LogP contribution in [-0.4, -0.2) is 66.6 Å². The number of carbonyl (C=O) groups excluding carboxylic acids is 1. The number of aliphatic hydroxyl groups is 1. The maximum absolute atomic E-state index is 12.4. The molecular formula is C26H35ClN6O3. The molecule has 0 bridgehead atoms. The summed E-state index contributed by atoms with van der Waals surface area (Å²) in [5.74, 6) is 0.490. The number of hydrogen-bond acceptors (Lipinski definition) is 9. The van der Waals surface area contributed by atoms with Crippen LogP contribution in [0, 0.1) is 0 Å². The SMILES string of the molecule is CCCC(C)N(CCC)c1ncc(Cl)c(Nc2ccc(N(C)C)c(C3=NCCOC(=O)C3=CO)c2)n1. The van der Waals surface area contributed by atoms with Crippen LogP contribution in [0.5, 0.6) is 0 Å². The Kier molecular flexibility index (Phi) is 9.52. The van der Waals surface area contributed by atoms with Crippen molar-refractivity contribution in [2.45, 2.75) is 46.1 Å². The normalized spacial score (nSPS) is 15.7. The van der Waals surface area contributed by atoms with Gasteiger partial charge < -0.3 is 25.0 Å². The van der Waals surface area contributed by atoms with Gasteiger partial charge in [-0.1, -0.05) is 31.9 Å². The third kappa shape index (κ3) is 6.26. The minimum absolute atomic E-state index is 0.00947. The smallest absolute Gasteiger partial charge is 0.343 e. The van der Waals surface area contributed by atoms with Crippen molar-refractivity contribution < 1.29 is 14.6 Å². The molecule has 1 aromatic carbocycles. The molecule has 1 unspecified atom stereocenters. The molecule has 2 aromatic rings. The van der Waals surface area contributed by atoms with Crippen LogP contribution in [0.25, 0.3) is 0 Å². The van der Waals surface area contributed by atoms with E-state index in [-0.39, 0.29) is 12.2 Å². The molecule has 194 valence electrons. The number of nitrogens with zero attached hydrogens (tertiary/aromatic N) is 5. The number of benzene rings is 1. The summed E-state index contributed by atoms with van der Waals surface area (Å²) in [7, 11) is 3.80. The molecule has 1 aliphatic heterocycles. The molecule has 9 nitrogen and oxygen atoms in total. The average Bonchev–Trinajstić information content (AvgIpc) is 3.04. The van der Waals surface area contributed by atoms with Gasteiger partial charge in [0.15, 0.2) is 5.82 Å². The number of ether oxygens (including phenoxy) is 1. The quantitative estimate of drug-likeness (QED) is 0.255. The zero-order valence-electron chi connectivity index (χ0n) is 21.6. The lowest BCUT2D eigenvalue weighted by molar-refractivity contribution is -0.137. The Bertz CT molecular complexity index is 1130. The lowest BCUT2D eigenvalue weighted by Crippen LogP contribution is -2.35. The molecule has 0 aliphatic carbocycles. The van der Waals surface area contributed by atoms with Gasteiger partial charge in [-0.15, -0.1) is 0 Å². The van der Waals surface area contributed by atoms with Gasteiger partial charge in [-0.2, -0.15) is 4.98 Å². The van der Waals surface area contributed by atoms with E-state index in [2.05, 4.69) is 41.0 Å². The highest BCUT2D eigenvalue weighted by molar-refractivity contribution is 6.33. The summed E-state index contributed by atoms with van der Waals surface area (Å²) < 4.78 is 5.14. The molecule has 3 rings (SSSR count). The number of anilines is 4. The van der Waals surface area contributed by atoms with Crippen molar-refractivity contribution in [1.82, 2.24) is 9.97 Å². The summed E-state index contributed by atoms with van der Waals surface area (Å²) in [4.78, 5) is 30.3. The number of aliphatic hydroxyl groups excluding tert-OH is 1. The van der Waals surface area contributed by atoms with Crippen LogP contribution in [0.15, 0.2) is 41.2 Å². The largest absolute Gasteiger partial charge is 0.515 e. The molecular weight excluding hydrogens is 480 g/mol. The van der Waals surface area contributed by atoms with Gasteiger partial charge in [0.1, 0.15) is 17.2 Å². The van der Waals surface area contributed by atoms with Gasteiger partial charge >= 0.3 is 5.97 Å². The number of rotatable bonds is 10. The molecule has 0 fully saturated rings. The van der Waals surface area contributed by atoms with Crippen molar-refractivity contribution in [3.05, 3.63) is 46.8 Å². The number of cyclic esters (lactones) is 1. The highest BCUT2D eigenvalue weighted by Gasteiger charge is 2.25. The summed E-state index contributed by atoms with van der Waals surface area (Å²) in [6.45, 7) is 7.78. The lowest BCUT2D eigenvalue weighted by atomic mass is 10.00. The van der Waals surface area contributed by atoms with Gasteiger partial charge in [-0.25, -0.2) is 9.78 Å². The van der Waals surface area contributed by atoms with Crippen LogP contribution < -0.4 is 15.1 Å². The van der Waals surface area contributed by atoms with Crippen LogP contribution in [0.1, 0.15) is 45.6 Å². The summed E-state index contributed by atoms with van der Waals surface area (Å²) in [6.07, 6.45) is 5.45. The number of aliphatic imine (C=N–C) groups is 1. The highest BCUT2D eigenvalue weighted by atomic mass is 35.5. The van der Waals surface area contributed by atoms with Crippen LogP contribution in [0.3, 0.4) is 0 Å². The second kappa shape index (κ2) is 12.6. The number of nitrogens with one attached hydrogen (secondary N) is 1. The molecule has 0 radical (unpaired) electrons. The average molecular weight is 515 g/mol. The molecule has 1 atom stereocenters. The van der Waals surface area contributed by atoms with Crippen LogP contribution in [-0.2, 0) is 9.53 Å². The number of aromatic nitrogens is 2. The first-order valence-electron chi connectivity index (χ1n) is 12.2. The fourth-order valence-corrected chi connectivity index (χ4v) is 4.28. The van der Waals surface area contributed by atoms with Crippen LogP contribution >= 0.6 is 11.6 Å². The monoisotopic (exact) mass is 514 g/mol. The zero-order chi connectivity index (χ0) is 26.2. The fraction of sp³-hybridized carbons (Fsp3) is 0.462. The molecule has 1 aromatic heterocycles. The second-order valence-electron chi connectivity index (χ2n) is 8.86. The van der Waals surface area contributed by atoms with E-state index >= 15 is 0 Å². The van der Waals surface area contributed by atoms with Gasteiger partial charge in [0.05, 0.1) is 24.7 Å². The van der Waals surface area contributed by atoms with Gasteiger partial charge in [-0.3, -0.25) is 4.99 Å². The molecule has 10 heteroatoms. The topological polar surface area (TPSA) is 103 Å². The molecule has 0 saturated carbocycles. The first kappa shape index (κ1) is 27.3. The van der Waals surface area contributed by atoms with Gasteiger partial charge in [-0.05, 0) is 38.0 Å². The van der Waals surface area contributed by atoms with Crippen molar-refractivity contribution in [2.75, 3.05) is 48.9 Å².